The fourth-order valence-electron chi connectivity index (χ4n) is 8.56. The predicted octanol–water partition coefficient (Wildman–Crippen LogP) is 3.66. The molecular formula is C24H38O5. The Balaban J connectivity index is 1.63. The Morgan fingerprint density at radius 2 is 1.86 bits per heavy atom. The van der Waals surface area contributed by atoms with Gasteiger partial charge in [0.2, 0.25) is 0 Å². The molecule has 4 saturated carbocycles. The zero-order valence-electron chi connectivity index (χ0n) is 18.1. The van der Waals surface area contributed by atoms with E-state index in [0.29, 0.717) is 24.2 Å². The van der Waals surface area contributed by atoms with Gasteiger partial charge in [-0.2, -0.15) is 0 Å². The van der Waals surface area contributed by atoms with Crippen LogP contribution in [0, 0.1) is 46.3 Å². The zero-order chi connectivity index (χ0) is 21.1. The van der Waals surface area contributed by atoms with Gasteiger partial charge in [-0.3, -0.25) is 9.59 Å². The quantitative estimate of drug-likeness (QED) is 0.662. The molecule has 5 heteroatoms. The van der Waals surface area contributed by atoms with Gasteiger partial charge >= 0.3 is 5.97 Å². The summed E-state index contributed by atoms with van der Waals surface area (Å²) >= 11 is 0. The SMILES string of the molecule is C[C@H](CCC(=O)O)[C@H]1CC[C@H]2[C@@H]3CCC4CC(O)CC[C@]4(C)[C@H]3C(O)C(=O)[C@]12C. The van der Waals surface area contributed by atoms with Gasteiger partial charge in [0.25, 0.3) is 0 Å². The van der Waals surface area contributed by atoms with Crippen molar-refractivity contribution in [2.75, 3.05) is 0 Å². The number of carboxylic acids is 1. The van der Waals surface area contributed by atoms with E-state index >= 15 is 0 Å². The van der Waals surface area contributed by atoms with Crippen molar-refractivity contribution in [1.29, 1.82) is 0 Å². The number of Topliss-reactive ketones (excluding diaryl/α,β-unsaturated/α-hetero) is 1. The van der Waals surface area contributed by atoms with Crippen LogP contribution in [0.15, 0.2) is 0 Å². The molecule has 5 nitrogen and oxygen atoms in total. The third-order valence-corrected chi connectivity index (χ3v) is 10.1. The largest absolute Gasteiger partial charge is 0.481 e. The van der Waals surface area contributed by atoms with Gasteiger partial charge in [-0.15, -0.1) is 0 Å². The smallest absolute Gasteiger partial charge is 0.303 e. The highest BCUT2D eigenvalue weighted by molar-refractivity contribution is 5.91. The molecule has 0 aliphatic heterocycles. The van der Waals surface area contributed by atoms with Crippen molar-refractivity contribution in [3.63, 3.8) is 0 Å². The van der Waals surface area contributed by atoms with Gasteiger partial charge in [0, 0.05) is 17.8 Å². The Hall–Kier alpha value is -0.940. The minimum absolute atomic E-state index is 0.00685. The second-order valence-corrected chi connectivity index (χ2v) is 11.2. The van der Waals surface area contributed by atoms with Crippen LogP contribution in [0.3, 0.4) is 0 Å². The molecular weight excluding hydrogens is 368 g/mol. The first kappa shape index (κ1) is 21.3. The zero-order valence-corrected chi connectivity index (χ0v) is 18.1. The Morgan fingerprint density at radius 1 is 1.14 bits per heavy atom. The maximum absolute atomic E-state index is 13.7. The van der Waals surface area contributed by atoms with E-state index < -0.39 is 17.5 Å². The molecule has 0 radical (unpaired) electrons. The van der Waals surface area contributed by atoms with Crippen LogP contribution in [-0.2, 0) is 9.59 Å². The molecule has 0 aromatic heterocycles. The third kappa shape index (κ3) is 3.10. The van der Waals surface area contributed by atoms with Crippen molar-refractivity contribution < 1.29 is 24.9 Å². The molecule has 0 bridgehead atoms. The van der Waals surface area contributed by atoms with E-state index in [2.05, 4.69) is 20.8 Å². The van der Waals surface area contributed by atoms with Gasteiger partial charge < -0.3 is 15.3 Å². The molecule has 3 unspecified atom stereocenters. The van der Waals surface area contributed by atoms with Crippen molar-refractivity contribution in [3.8, 4) is 0 Å². The van der Waals surface area contributed by atoms with Crippen LogP contribution in [0.5, 0.6) is 0 Å². The summed E-state index contributed by atoms with van der Waals surface area (Å²) in [7, 11) is 0. The van der Waals surface area contributed by atoms with Crippen molar-refractivity contribution in [3.05, 3.63) is 0 Å². The van der Waals surface area contributed by atoms with Crippen LogP contribution >= 0.6 is 0 Å². The van der Waals surface area contributed by atoms with E-state index in [1.54, 1.807) is 0 Å². The monoisotopic (exact) mass is 406 g/mol. The summed E-state index contributed by atoms with van der Waals surface area (Å²) in [6, 6.07) is 0. The standard InChI is InChI=1S/C24H38O5/c1-13(4-9-19(26)27)17-7-8-18-16-6-5-14-12-15(25)10-11-23(14,2)20(16)21(28)22(29)24(17,18)3/h13-18,20-21,25,28H,4-12H2,1-3H3,(H,26,27)/t13-,14?,15?,16+,17-,18+,20-,21?,23+,24-/m1/s1. The lowest BCUT2D eigenvalue weighted by atomic mass is 9.43. The molecule has 0 heterocycles. The van der Waals surface area contributed by atoms with Crippen LogP contribution in [-0.4, -0.2) is 39.3 Å². The van der Waals surface area contributed by atoms with E-state index in [-0.39, 0.29) is 41.5 Å². The van der Waals surface area contributed by atoms with Gasteiger partial charge in [-0.1, -0.05) is 20.8 Å². The molecule has 164 valence electrons. The van der Waals surface area contributed by atoms with Gasteiger partial charge in [-0.05, 0) is 86.4 Å². The number of carbonyl (C=O) groups excluding carboxylic acids is 1. The normalized spacial score (nSPS) is 50.4. The van der Waals surface area contributed by atoms with Crippen molar-refractivity contribution in [2.24, 2.45) is 46.3 Å². The maximum atomic E-state index is 13.7. The lowest BCUT2D eigenvalue weighted by molar-refractivity contribution is -0.188. The highest BCUT2D eigenvalue weighted by atomic mass is 16.4. The first-order valence-corrected chi connectivity index (χ1v) is 11.7. The summed E-state index contributed by atoms with van der Waals surface area (Å²) in [5.74, 6) is 0.627. The molecule has 3 N–H and O–H groups in total. The number of ketones is 1. The third-order valence-electron chi connectivity index (χ3n) is 10.1. The van der Waals surface area contributed by atoms with Crippen LogP contribution in [0.25, 0.3) is 0 Å². The predicted molar refractivity (Wildman–Crippen MR) is 109 cm³/mol. The van der Waals surface area contributed by atoms with Gasteiger partial charge in [0.1, 0.15) is 6.10 Å². The Kier molecular flexibility index (Phi) is 5.39. The number of rotatable bonds is 4. The summed E-state index contributed by atoms with van der Waals surface area (Å²) in [5.41, 5.74) is -0.596. The first-order valence-electron chi connectivity index (χ1n) is 11.7. The highest BCUT2D eigenvalue weighted by Crippen LogP contribution is 2.67. The minimum atomic E-state index is -0.920. The molecule has 10 atom stereocenters. The van der Waals surface area contributed by atoms with Crippen molar-refractivity contribution >= 4 is 11.8 Å². The topological polar surface area (TPSA) is 94.8 Å². The number of aliphatic carboxylic acids is 1. The molecule has 4 fully saturated rings. The summed E-state index contributed by atoms with van der Waals surface area (Å²) in [6.45, 7) is 6.43. The second-order valence-electron chi connectivity index (χ2n) is 11.2. The Bertz CT molecular complexity index is 676. The molecule has 29 heavy (non-hydrogen) atoms. The number of hydrogen-bond donors (Lipinski definition) is 3. The highest BCUT2D eigenvalue weighted by Gasteiger charge is 2.67. The first-order chi connectivity index (χ1) is 13.6. The number of hydrogen-bond acceptors (Lipinski definition) is 4. The van der Waals surface area contributed by atoms with Gasteiger partial charge in [-0.25, -0.2) is 0 Å². The molecule has 4 aliphatic carbocycles. The van der Waals surface area contributed by atoms with Crippen LogP contribution in [0.1, 0.15) is 78.6 Å². The fraction of sp³-hybridized carbons (Fsp3) is 0.917. The van der Waals surface area contributed by atoms with Crippen LogP contribution in [0.2, 0.25) is 0 Å². The molecule has 0 amide bonds. The molecule has 0 spiro atoms. The van der Waals surface area contributed by atoms with E-state index in [9.17, 15) is 19.8 Å². The molecule has 0 aromatic rings. The van der Waals surface area contributed by atoms with E-state index in [0.717, 1.165) is 44.9 Å². The number of aliphatic hydroxyl groups excluding tert-OH is 2. The lowest BCUT2D eigenvalue weighted by Crippen LogP contribution is -2.63. The fourth-order valence-corrected chi connectivity index (χ4v) is 8.56. The second kappa shape index (κ2) is 7.33. The summed E-state index contributed by atoms with van der Waals surface area (Å²) in [6.07, 6.45) is 6.15. The average molecular weight is 407 g/mol. The van der Waals surface area contributed by atoms with E-state index in [1.165, 1.54) is 0 Å². The van der Waals surface area contributed by atoms with E-state index in [1.807, 2.05) is 0 Å². The number of carbonyl (C=O) groups is 2. The minimum Gasteiger partial charge on any atom is -0.481 e. The maximum Gasteiger partial charge on any atom is 0.303 e. The molecule has 0 aromatic carbocycles. The van der Waals surface area contributed by atoms with Gasteiger partial charge in [0.15, 0.2) is 5.78 Å². The molecule has 4 rings (SSSR count). The summed E-state index contributed by atoms with van der Waals surface area (Å²) in [5, 5.41) is 30.6. The number of fused-ring (bicyclic) bond motifs is 5. The van der Waals surface area contributed by atoms with Crippen LogP contribution in [0.4, 0.5) is 0 Å². The Labute approximate surface area is 174 Å². The summed E-state index contributed by atoms with van der Waals surface area (Å²) in [4.78, 5) is 24.8. The van der Waals surface area contributed by atoms with Gasteiger partial charge in [0.05, 0.1) is 6.10 Å². The molecule has 4 aliphatic rings. The van der Waals surface area contributed by atoms with Crippen molar-refractivity contribution in [2.45, 2.75) is 90.8 Å². The number of aliphatic hydroxyl groups is 2. The summed E-state index contributed by atoms with van der Waals surface area (Å²) < 4.78 is 0. The molecule has 0 saturated heterocycles. The van der Waals surface area contributed by atoms with Crippen LogP contribution < -0.4 is 0 Å². The van der Waals surface area contributed by atoms with E-state index in [4.69, 9.17) is 5.11 Å². The Morgan fingerprint density at radius 3 is 2.55 bits per heavy atom. The average Bonchev–Trinajstić information content (AvgIpc) is 3.02. The lowest BCUT2D eigenvalue weighted by Gasteiger charge is -2.61. The number of carboxylic acid groups (broad SMARTS) is 1. The van der Waals surface area contributed by atoms with Crippen molar-refractivity contribution in [1.82, 2.24) is 0 Å².